The van der Waals surface area contributed by atoms with E-state index in [-0.39, 0.29) is 5.41 Å². The molecule has 120 valence electrons. The second kappa shape index (κ2) is 6.87. The first-order chi connectivity index (χ1) is 9.58. The Morgan fingerprint density at radius 2 is 1.62 bits per heavy atom. The van der Waals surface area contributed by atoms with Crippen molar-refractivity contribution in [1.82, 2.24) is 9.21 Å². The van der Waals surface area contributed by atoms with Crippen molar-refractivity contribution in [2.45, 2.75) is 25.3 Å². The second-order valence-corrected chi connectivity index (χ2v) is 8.62. The van der Waals surface area contributed by atoms with Gasteiger partial charge in [-0.2, -0.15) is 0 Å². The van der Waals surface area contributed by atoms with E-state index in [9.17, 15) is 8.42 Å². The lowest BCUT2D eigenvalue weighted by Crippen LogP contribution is -2.36. The highest BCUT2D eigenvalue weighted by Crippen LogP contribution is 2.17. The van der Waals surface area contributed by atoms with Crippen molar-refractivity contribution < 1.29 is 8.42 Å². The van der Waals surface area contributed by atoms with Gasteiger partial charge in [-0.1, -0.05) is 26.0 Å². The van der Waals surface area contributed by atoms with Crippen LogP contribution in [0.2, 0.25) is 0 Å². The zero-order valence-electron chi connectivity index (χ0n) is 13.6. The molecule has 1 aromatic rings. The number of nitrogens with two attached hydrogens (primary N) is 1. The molecule has 0 bridgehead atoms. The number of hydrogen-bond donors (Lipinski definition) is 1. The predicted octanol–water partition coefficient (Wildman–Crippen LogP) is 1.35. The summed E-state index contributed by atoms with van der Waals surface area (Å²) in [6.07, 6.45) is 0. The molecule has 0 spiro atoms. The van der Waals surface area contributed by atoms with Gasteiger partial charge >= 0.3 is 0 Å². The molecule has 0 radical (unpaired) electrons. The SMILES string of the molecule is CN(Cc1ccc(S(=O)(=O)N(C)C)cc1)CC(C)(C)CN. The van der Waals surface area contributed by atoms with Gasteiger partial charge in [0.05, 0.1) is 4.90 Å². The Kier molecular flexibility index (Phi) is 5.92. The van der Waals surface area contributed by atoms with Crippen molar-refractivity contribution in [1.29, 1.82) is 0 Å². The van der Waals surface area contributed by atoms with Crippen LogP contribution in [0.5, 0.6) is 0 Å². The first-order valence-corrected chi connectivity index (χ1v) is 8.42. The Bertz CT molecular complexity index is 551. The summed E-state index contributed by atoms with van der Waals surface area (Å²) in [4.78, 5) is 2.52. The van der Waals surface area contributed by atoms with E-state index in [2.05, 4.69) is 18.7 Å². The average molecular weight is 313 g/mol. The maximum absolute atomic E-state index is 12.0. The molecule has 1 rings (SSSR count). The number of nitrogens with zero attached hydrogens (tertiary/aromatic N) is 2. The summed E-state index contributed by atoms with van der Waals surface area (Å²) in [5.74, 6) is 0. The van der Waals surface area contributed by atoms with Gasteiger partial charge in [0.1, 0.15) is 0 Å². The lowest BCUT2D eigenvalue weighted by atomic mass is 9.93. The Morgan fingerprint density at radius 1 is 1.10 bits per heavy atom. The highest BCUT2D eigenvalue weighted by Gasteiger charge is 2.19. The van der Waals surface area contributed by atoms with Crippen molar-refractivity contribution in [3.05, 3.63) is 29.8 Å². The summed E-state index contributed by atoms with van der Waals surface area (Å²) in [7, 11) is 1.76. The van der Waals surface area contributed by atoms with Crippen LogP contribution in [-0.2, 0) is 16.6 Å². The molecule has 2 N–H and O–H groups in total. The smallest absolute Gasteiger partial charge is 0.242 e. The van der Waals surface area contributed by atoms with Crippen molar-refractivity contribution in [3.63, 3.8) is 0 Å². The molecule has 0 atom stereocenters. The number of rotatable bonds is 7. The second-order valence-electron chi connectivity index (χ2n) is 6.47. The molecule has 6 heteroatoms. The highest BCUT2D eigenvalue weighted by atomic mass is 32.2. The molecule has 0 amide bonds. The van der Waals surface area contributed by atoms with E-state index in [0.717, 1.165) is 18.7 Å². The molecule has 0 aliphatic carbocycles. The zero-order valence-corrected chi connectivity index (χ0v) is 14.4. The Morgan fingerprint density at radius 3 is 2.05 bits per heavy atom. The summed E-state index contributed by atoms with van der Waals surface area (Å²) in [5, 5.41) is 0. The van der Waals surface area contributed by atoms with Crippen LogP contribution in [-0.4, -0.2) is 51.9 Å². The lowest BCUT2D eigenvalue weighted by Gasteiger charge is -2.29. The zero-order chi connectivity index (χ0) is 16.3. The largest absolute Gasteiger partial charge is 0.330 e. The molecule has 0 aliphatic rings. The maximum Gasteiger partial charge on any atom is 0.242 e. The van der Waals surface area contributed by atoms with Crippen molar-refractivity contribution in [2.24, 2.45) is 11.1 Å². The minimum atomic E-state index is -3.35. The minimum absolute atomic E-state index is 0.0724. The van der Waals surface area contributed by atoms with Gasteiger partial charge in [-0.05, 0) is 36.7 Å². The number of sulfonamides is 1. The van der Waals surface area contributed by atoms with E-state index in [4.69, 9.17) is 5.73 Å². The van der Waals surface area contributed by atoms with Crippen LogP contribution in [0, 0.1) is 5.41 Å². The third-order valence-corrected chi connectivity index (χ3v) is 5.23. The molecule has 0 saturated heterocycles. The monoisotopic (exact) mass is 313 g/mol. The average Bonchev–Trinajstić information content (AvgIpc) is 2.38. The van der Waals surface area contributed by atoms with Gasteiger partial charge in [-0.15, -0.1) is 0 Å². The van der Waals surface area contributed by atoms with Gasteiger partial charge in [0, 0.05) is 27.2 Å². The van der Waals surface area contributed by atoms with Gasteiger partial charge in [0.25, 0.3) is 0 Å². The van der Waals surface area contributed by atoms with Crippen LogP contribution in [0.25, 0.3) is 0 Å². The third kappa shape index (κ3) is 5.07. The van der Waals surface area contributed by atoms with Gasteiger partial charge in [0.15, 0.2) is 0 Å². The van der Waals surface area contributed by atoms with E-state index in [1.807, 2.05) is 19.2 Å². The molecule has 0 heterocycles. The summed E-state index contributed by atoms with van der Waals surface area (Å²) in [5.41, 5.74) is 6.90. The van der Waals surface area contributed by atoms with Gasteiger partial charge < -0.3 is 10.6 Å². The normalized spacial score (nSPS) is 13.1. The predicted molar refractivity (Wildman–Crippen MR) is 86.5 cm³/mol. The van der Waals surface area contributed by atoms with Crippen LogP contribution in [0.3, 0.4) is 0 Å². The molecular weight excluding hydrogens is 286 g/mol. The van der Waals surface area contributed by atoms with Crippen LogP contribution in [0.4, 0.5) is 0 Å². The molecular formula is C15H27N3O2S. The summed E-state index contributed by atoms with van der Waals surface area (Å²) in [6, 6.07) is 7.05. The van der Waals surface area contributed by atoms with Crippen LogP contribution < -0.4 is 5.73 Å². The molecule has 21 heavy (non-hydrogen) atoms. The van der Waals surface area contributed by atoms with Crippen LogP contribution in [0.15, 0.2) is 29.2 Å². The first-order valence-electron chi connectivity index (χ1n) is 6.98. The molecule has 1 aromatic carbocycles. The van der Waals surface area contributed by atoms with Crippen LogP contribution in [0.1, 0.15) is 19.4 Å². The molecule has 0 fully saturated rings. The number of hydrogen-bond acceptors (Lipinski definition) is 4. The lowest BCUT2D eigenvalue weighted by molar-refractivity contribution is 0.210. The molecule has 0 aromatic heterocycles. The van der Waals surface area contributed by atoms with Crippen molar-refractivity contribution >= 4 is 10.0 Å². The quantitative estimate of drug-likeness (QED) is 0.825. The standard InChI is InChI=1S/C15H27N3O2S/c1-15(2,11-16)12-18(5)10-13-6-8-14(9-7-13)21(19,20)17(3)4/h6-9H,10-12,16H2,1-5H3. The van der Waals surface area contributed by atoms with Crippen molar-refractivity contribution in [3.8, 4) is 0 Å². The van der Waals surface area contributed by atoms with Crippen LogP contribution >= 0.6 is 0 Å². The van der Waals surface area contributed by atoms with E-state index in [0.29, 0.717) is 11.4 Å². The Labute approximate surface area is 128 Å². The molecule has 0 aliphatic heterocycles. The topological polar surface area (TPSA) is 66.6 Å². The summed E-state index contributed by atoms with van der Waals surface area (Å²) < 4.78 is 25.2. The van der Waals surface area contributed by atoms with Gasteiger partial charge in [-0.3, -0.25) is 0 Å². The highest BCUT2D eigenvalue weighted by molar-refractivity contribution is 7.89. The summed E-state index contributed by atoms with van der Waals surface area (Å²) in [6.45, 7) is 6.57. The molecule has 0 saturated carbocycles. The van der Waals surface area contributed by atoms with E-state index < -0.39 is 10.0 Å². The third-order valence-electron chi connectivity index (χ3n) is 3.40. The Hall–Kier alpha value is -0.950. The fraction of sp³-hybridized carbons (Fsp3) is 0.600. The van der Waals surface area contributed by atoms with Gasteiger partial charge in [0.2, 0.25) is 10.0 Å². The maximum atomic E-state index is 12.0. The van der Waals surface area contributed by atoms with E-state index in [1.165, 1.54) is 18.4 Å². The van der Waals surface area contributed by atoms with Crippen molar-refractivity contribution in [2.75, 3.05) is 34.2 Å². The fourth-order valence-corrected chi connectivity index (χ4v) is 3.04. The molecule has 5 nitrogen and oxygen atoms in total. The molecule has 0 unspecified atom stereocenters. The minimum Gasteiger partial charge on any atom is -0.330 e. The van der Waals surface area contributed by atoms with E-state index in [1.54, 1.807) is 12.1 Å². The first kappa shape index (κ1) is 18.1. The fourth-order valence-electron chi connectivity index (χ4n) is 2.14. The Balaban J connectivity index is 2.76. The van der Waals surface area contributed by atoms with Gasteiger partial charge in [-0.25, -0.2) is 12.7 Å². The van der Waals surface area contributed by atoms with E-state index >= 15 is 0 Å². The number of benzene rings is 1. The summed E-state index contributed by atoms with van der Waals surface area (Å²) >= 11 is 0.